The Bertz CT molecular complexity index is 1070. The average molecular weight is 448 g/mol. The van der Waals surface area contributed by atoms with Crippen molar-refractivity contribution in [3.8, 4) is 5.69 Å². The number of carbonyl (C=O) groups excluding carboxylic acids is 2. The number of sulfonamides is 1. The Labute approximate surface area is 183 Å². The van der Waals surface area contributed by atoms with E-state index in [4.69, 9.17) is 9.88 Å². The standard InChI is InChI=1S/C22H29N3O5S/c1-4-30-22(27)14-24(12-17-5-6-17)13-21(26)20-11-15(2)25(16(20)3)18-7-9-19(10-8-18)31(23,28)29/h7-11,17H,4-6,12-14H2,1-3H3,(H2,23,28,29). The van der Waals surface area contributed by atoms with Crippen LogP contribution in [0.4, 0.5) is 0 Å². The number of aryl methyl sites for hydroxylation is 1. The second kappa shape index (κ2) is 9.33. The Hall–Kier alpha value is -2.49. The molecule has 0 saturated heterocycles. The van der Waals surface area contributed by atoms with Crippen molar-refractivity contribution in [3.63, 3.8) is 0 Å². The van der Waals surface area contributed by atoms with Crippen molar-refractivity contribution in [2.24, 2.45) is 11.1 Å². The van der Waals surface area contributed by atoms with Gasteiger partial charge in [0.1, 0.15) is 0 Å². The highest BCUT2D eigenvalue weighted by Gasteiger charge is 2.28. The predicted molar refractivity (Wildman–Crippen MR) is 117 cm³/mol. The minimum atomic E-state index is -3.77. The van der Waals surface area contributed by atoms with Gasteiger partial charge < -0.3 is 9.30 Å². The van der Waals surface area contributed by atoms with E-state index in [-0.39, 0.29) is 29.7 Å². The van der Waals surface area contributed by atoms with Crippen molar-refractivity contribution >= 4 is 21.8 Å². The van der Waals surface area contributed by atoms with Gasteiger partial charge in [0.15, 0.2) is 5.78 Å². The Morgan fingerprint density at radius 2 is 1.81 bits per heavy atom. The first-order valence-electron chi connectivity index (χ1n) is 10.3. The summed E-state index contributed by atoms with van der Waals surface area (Å²) in [4.78, 5) is 26.9. The van der Waals surface area contributed by atoms with Crippen molar-refractivity contribution < 1.29 is 22.7 Å². The van der Waals surface area contributed by atoms with Gasteiger partial charge in [-0.2, -0.15) is 0 Å². The van der Waals surface area contributed by atoms with Crippen LogP contribution < -0.4 is 5.14 Å². The molecule has 2 N–H and O–H groups in total. The van der Waals surface area contributed by atoms with E-state index < -0.39 is 10.0 Å². The molecule has 3 rings (SSSR count). The van der Waals surface area contributed by atoms with Gasteiger partial charge >= 0.3 is 5.97 Å². The van der Waals surface area contributed by atoms with E-state index in [9.17, 15) is 18.0 Å². The summed E-state index contributed by atoms with van der Waals surface area (Å²) in [6.07, 6.45) is 2.24. The lowest BCUT2D eigenvalue weighted by molar-refractivity contribution is -0.144. The van der Waals surface area contributed by atoms with E-state index in [1.54, 1.807) is 19.1 Å². The van der Waals surface area contributed by atoms with Crippen LogP contribution >= 0.6 is 0 Å². The first-order valence-corrected chi connectivity index (χ1v) is 11.9. The Morgan fingerprint density at radius 3 is 2.35 bits per heavy atom. The first kappa shape index (κ1) is 23.2. The number of carbonyl (C=O) groups is 2. The van der Waals surface area contributed by atoms with Gasteiger partial charge in [-0.3, -0.25) is 14.5 Å². The zero-order valence-corrected chi connectivity index (χ0v) is 18.9. The zero-order chi connectivity index (χ0) is 22.8. The molecule has 1 fully saturated rings. The molecule has 1 heterocycles. The molecule has 0 aliphatic heterocycles. The molecule has 0 spiro atoms. The molecule has 2 aromatic rings. The third-order valence-electron chi connectivity index (χ3n) is 5.39. The van der Waals surface area contributed by atoms with E-state index in [0.717, 1.165) is 29.9 Å². The number of rotatable bonds is 10. The maximum atomic E-state index is 13.1. The largest absolute Gasteiger partial charge is 0.465 e. The molecule has 1 aliphatic rings. The molecule has 8 nitrogen and oxygen atoms in total. The molecule has 168 valence electrons. The number of ketones is 1. The number of benzene rings is 1. The molecule has 1 aromatic carbocycles. The van der Waals surface area contributed by atoms with Crippen molar-refractivity contribution in [3.05, 3.63) is 47.3 Å². The van der Waals surface area contributed by atoms with Crippen LogP contribution in [0.15, 0.2) is 35.2 Å². The lowest BCUT2D eigenvalue weighted by Gasteiger charge is -2.20. The van der Waals surface area contributed by atoms with Crippen LogP contribution in [0.3, 0.4) is 0 Å². The van der Waals surface area contributed by atoms with E-state index >= 15 is 0 Å². The van der Waals surface area contributed by atoms with Crippen LogP contribution in [0.2, 0.25) is 0 Å². The molecule has 0 bridgehead atoms. The highest BCUT2D eigenvalue weighted by Crippen LogP contribution is 2.30. The summed E-state index contributed by atoms with van der Waals surface area (Å²) in [5, 5.41) is 5.17. The molecule has 0 radical (unpaired) electrons. The number of Topliss-reactive ketones (excluding diaryl/α,β-unsaturated/α-hetero) is 1. The number of nitrogens with zero attached hydrogens (tertiary/aromatic N) is 2. The molecular weight excluding hydrogens is 418 g/mol. The third-order valence-corrected chi connectivity index (χ3v) is 6.32. The van der Waals surface area contributed by atoms with Crippen LogP contribution in [0.25, 0.3) is 5.69 Å². The van der Waals surface area contributed by atoms with Gasteiger partial charge in [-0.25, -0.2) is 13.6 Å². The first-order chi connectivity index (χ1) is 14.6. The molecule has 1 aliphatic carbocycles. The van der Waals surface area contributed by atoms with Crippen molar-refractivity contribution in [2.75, 3.05) is 26.2 Å². The minimum absolute atomic E-state index is 0.0321. The Kier molecular flexibility index (Phi) is 6.98. The summed E-state index contributed by atoms with van der Waals surface area (Å²) in [6.45, 7) is 6.77. The highest BCUT2D eigenvalue weighted by atomic mass is 32.2. The molecule has 1 aromatic heterocycles. The van der Waals surface area contributed by atoms with Gasteiger partial charge in [0.2, 0.25) is 10.0 Å². The van der Waals surface area contributed by atoms with E-state index in [1.165, 1.54) is 12.1 Å². The van der Waals surface area contributed by atoms with Gasteiger partial charge in [-0.1, -0.05) is 0 Å². The highest BCUT2D eigenvalue weighted by molar-refractivity contribution is 7.89. The van der Waals surface area contributed by atoms with Crippen LogP contribution in [0.1, 0.15) is 41.5 Å². The maximum absolute atomic E-state index is 13.1. The lowest BCUT2D eigenvalue weighted by atomic mass is 10.1. The SMILES string of the molecule is CCOC(=O)CN(CC(=O)c1cc(C)n(-c2ccc(S(N)(=O)=O)cc2)c1C)CC1CC1. The van der Waals surface area contributed by atoms with Gasteiger partial charge in [0, 0.05) is 29.2 Å². The minimum Gasteiger partial charge on any atom is -0.465 e. The van der Waals surface area contributed by atoms with Crippen LogP contribution in [-0.2, 0) is 19.6 Å². The number of aromatic nitrogens is 1. The number of hydrogen-bond donors (Lipinski definition) is 1. The number of ether oxygens (including phenoxy) is 1. The lowest BCUT2D eigenvalue weighted by Crippen LogP contribution is -2.37. The van der Waals surface area contributed by atoms with Gasteiger partial charge in [-0.15, -0.1) is 0 Å². The summed E-state index contributed by atoms with van der Waals surface area (Å²) in [6, 6.07) is 8.04. The van der Waals surface area contributed by atoms with E-state index in [1.807, 2.05) is 29.4 Å². The second-order valence-corrected chi connectivity index (χ2v) is 9.56. The predicted octanol–water partition coefficient (Wildman–Crippen LogP) is 2.20. The summed E-state index contributed by atoms with van der Waals surface area (Å²) in [5.41, 5.74) is 2.93. The van der Waals surface area contributed by atoms with Crippen LogP contribution in [-0.4, -0.2) is 55.9 Å². The Morgan fingerprint density at radius 1 is 1.16 bits per heavy atom. The van der Waals surface area contributed by atoms with Crippen LogP contribution in [0.5, 0.6) is 0 Å². The summed E-state index contributed by atoms with van der Waals surface area (Å²) in [7, 11) is -3.77. The summed E-state index contributed by atoms with van der Waals surface area (Å²) in [5.74, 6) is 0.147. The fourth-order valence-corrected chi connectivity index (χ4v) is 4.27. The normalized spacial score (nSPS) is 14.1. The maximum Gasteiger partial charge on any atom is 0.320 e. The fourth-order valence-electron chi connectivity index (χ4n) is 3.76. The van der Waals surface area contributed by atoms with Crippen molar-refractivity contribution in [1.82, 2.24) is 9.47 Å². The second-order valence-electron chi connectivity index (χ2n) is 8.00. The summed E-state index contributed by atoms with van der Waals surface area (Å²) >= 11 is 0. The number of primary sulfonamides is 1. The van der Waals surface area contributed by atoms with Crippen molar-refractivity contribution in [2.45, 2.75) is 38.5 Å². The zero-order valence-electron chi connectivity index (χ0n) is 18.1. The van der Waals surface area contributed by atoms with Gasteiger partial charge in [-0.05, 0) is 69.9 Å². The molecule has 0 unspecified atom stereocenters. The van der Waals surface area contributed by atoms with Gasteiger partial charge in [0.05, 0.1) is 24.6 Å². The van der Waals surface area contributed by atoms with Crippen molar-refractivity contribution in [1.29, 1.82) is 0 Å². The third kappa shape index (κ3) is 5.81. The molecule has 0 amide bonds. The molecule has 0 atom stereocenters. The number of nitrogens with two attached hydrogens (primary N) is 1. The smallest absolute Gasteiger partial charge is 0.320 e. The molecule has 9 heteroatoms. The monoisotopic (exact) mass is 447 g/mol. The van der Waals surface area contributed by atoms with Crippen LogP contribution in [0, 0.1) is 19.8 Å². The van der Waals surface area contributed by atoms with E-state index in [2.05, 4.69) is 0 Å². The Balaban J connectivity index is 1.81. The number of hydrogen-bond acceptors (Lipinski definition) is 6. The number of esters is 1. The molecule has 1 saturated carbocycles. The topological polar surface area (TPSA) is 112 Å². The quantitative estimate of drug-likeness (QED) is 0.441. The fraction of sp³-hybridized carbons (Fsp3) is 0.455. The molecule has 31 heavy (non-hydrogen) atoms. The average Bonchev–Trinajstić information content (AvgIpc) is 3.44. The summed E-state index contributed by atoms with van der Waals surface area (Å²) < 4.78 is 29.9. The molecular formula is C22H29N3O5S. The van der Waals surface area contributed by atoms with Gasteiger partial charge in [0.25, 0.3) is 0 Å². The van der Waals surface area contributed by atoms with E-state index in [0.29, 0.717) is 24.6 Å².